The highest BCUT2D eigenvalue weighted by atomic mass is 32.2. The first-order valence-corrected chi connectivity index (χ1v) is 11.6. The van der Waals surface area contributed by atoms with E-state index < -0.39 is 4.92 Å². The molecule has 0 saturated carbocycles. The third-order valence-electron chi connectivity index (χ3n) is 5.45. The summed E-state index contributed by atoms with van der Waals surface area (Å²) in [4.78, 5) is 38.0. The summed E-state index contributed by atoms with van der Waals surface area (Å²) in [6.07, 6.45) is 2.01. The van der Waals surface area contributed by atoms with Crippen molar-refractivity contribution in [2.24, 2.45) is 0 Å². The van der Waals surface area contributed by atoms with Crippen LogP contribution in [-0.4, -0.2) is 64.8 Å². The monoisotopic (exact) mass is 468 g/mol. The maximum atomic E-state index is 12.5. The number of carbonyl (C=O) groups excluding carboxylic acids is 2. The molecular weight excluding hydrogens is 444 g/mol. The fraction of sp³-hybridized carbons (Fsp3) is 0.304. The van der Waals surface area contributed by atoms with Gasteiger partial charge in [-0.3, -0.25) is 19.7 Å². The normalized spacial score (nSPS) is 13.8. The number of nitrogens with zero attached hydrogens (tertiary/aromatic N) is 3. The first kappa shape index (κ1) is 22.8. The average Bonchev–Trinajstić information content (AvgIpc) is 3.20. The lowest BCUT2D eigenvalue weighted by atomic mass is 10.2. The summed E-state index contributed by atoms with van der Waals surface area (Å²) >= 11 is 1.52. The number of ether oxygens (including phenoxy) is 1. The Hall–Kier alpha value is -3.37. The number of rotatable bonds is 8. The quantitative estimate of drug-likeness (QED) is 0.310. The molecule has 3 aromatic rings. The van der Waals surface area contributed by atoms with Crippen LogP contribution in [0, 0.1) is 10.1 Å². The number of para-hydroxylation sites is 1. The third-order valence-corrected chi connectivity index (χ3v) is 6.47. The molecule has 1 saturated heterocycles. The van der Waals surface area contributed by atoms with E-state index >= 15 is 0 Å². The van der Waals surface area contributed by atoms with Crippen LogP contribution in [-0.2, 0) is 16.1 Å². The minimum absolute atomic E-state index is 0.0532. The Morgan fingerprint density at radius 3 is 2.55 bits per heavy atom. The molecule has 0 spiro atoms. The molecular formula is C23H24N4O5S. The first-order chi connectivity index (χ1) is 16.0. The number of hydrogen-bond acceptors (Lipinski definition) is 6. The van der Waals surface area contributed by atoms with Crippen LogP contribution >= 0.6 is 11.8 Å². The summed E-state index contributed by atoms with van der Waals surface area (Å²) in [7, 11) is 0. The highest BCUT2D eigenvalue weighted by molar-refractivity contribution is 8.00. The van der Waals surface area contributed by atoms with Crippen LogP contribution in [0.25, 0.3) is 10.9 Å². The second-order valence-electron chi connectivity index (χ2n) is 7.55. The number of hydrogen-bond donors (Lipinski definition) is 1. The van der Waals surface area contributed by atoms with Gasteiger partial charge in [0.05, 0.1) is 23.9 Å². The molecule has 0 unspecified atom stereocenters. The first-order valence-electron chi connectivity index (χ1n) is 10.6. The van der Waals surface area contributed by atoms with Gasteiger partial charge in [0.2, 0.25) is 5.91 Å². The number of non-ortho nitro benzene ring substituents is 1. The van der Waals surface area contributed by atoms with Gasteiger partial charge in [0, 0.05) is 65.9 Å². The number of carbonyl (C=O) groups is 2. The Kier molecular flexibility index (Phi) is 7.26. The number of morpholine rings is 1. The van der Waals surface area contributed by atoms with Crippen LogP contribution < -0.4 is 5.32 Å². The van der Waals surface area contributed by atoms with Crippen molar-refractivity contribution in [3.05, 3.63) is 70.4 Å². The molecule has 1 aliphatic rings. The van der Waals surface area contributed by atoms with E-state index in [1.165, 1.54) is 36.0 Å². The molecule has 2 amide bonds. The molecule has 172 valence electrons. The van der Waals surface area contributed by atoms with Crippen LogP contribution in [0.1, 0.15) is 10.4 Å². The fourth-order valence-corrected chi connectivity index (χ4v) is 4.67. The van der Waals surface area contributed by atoms with Gasteiger partial charge in [-0.1, -0.05) is 18.2 Å². The molecule has 0 radical (unpaired) electrons. The van der Waals surface area contributed by atoms with Crippen molar-refractivity contribution in [1.29, 1.82) is 0 Å². The lowest BCUT2D eigenvalue weighted by molar-refractivity contribution is -0.384. The predicted molar refractivity (Wildman–Crippen MR) is 125 cm³/mol. The topological polar surface area (TPSA) is 107 Å². The van der Waals surface area contributed by atoms with Crippen LogP contribution in [0.15, 0.2) is 59.6 Å². The predicted octanol–water partition coefficient (Wildman–Crippen LogP) is 2.93. The van der Waals surface area contributed by atoms with Crippen LogP contribution in [0.5, 0.6) is 0 Å². The molecule has 0 bridgehead atoms. The highest BCUT2D eigenvalue weighted by Crippen LogP contribution is 2.30. The average molecular weight is 469 g/mol. The number of aromatic nitrogens is 1. The van der Waals surface area contributed by atoms with Crippen molar-refractivity contribution in [2.45, 2.75) is 11.4 Å². The molecule has 1 fully saturated rings. The van der Waals surface area contributed by atoms with Gasteiger partial charge in [-0.2, -0.15) is 0 Å². The molecule has 0 atom stereocenters. The Labute approximate surface area is 194 Å². The van der Waals surface area contributed by atoms with E-state index in [9.17, 15) is 19.7 Å². The van der Waals surface area contributed by atoms with Gasteiger partial charge in [-0.25, -0.2) is 0 Å². The van der Waals surface area contributed by atoms with Gasteiger partial charge in [-0.05, 0) is 18.2 Å². The number of nitro benzene ring substituents is 1. The lowest BCUT2D eigenvalue weighted by Gasteiger charge is -2.26. The van der Waals surface area contributed by atoms with Crippen LogP contribution in [0.2, 0.25) is 0 Å². The summed E-state index contributed by atoms with van der Waals surface area (Å²) in [5.41, 5.74) is 1.35. The lowest BCUT2D eigenvalue weighted by Crippen LogP contribution is -2.41. The van der Waals surface area contributed by atoms with E-state index in [0.29, 0.717) is 50.7 Å². The minimum Gasteiger partial charge on any atom is -0.378 e. The number of nitro groups is 1. The molecule has 2 heterocycles. The molecule has 9 nitrogen and oxygen atoms in total. The van der Waals surface area contributed by atoms with E-state index in [0.717, 1.165) is 15.8 Å². The molecule has 33 heavy (non-hydrogen) atoms. The second-order valence-corrected chi connectivity index (χ2v) is 8.56. The Balaban J connectivity index is 1.37. The smallest absolute Gasteiger partial charge is 0.269 e. The van der Waals surface area contributed by atoms with Crippen molar-refractivity contribution >= 4 is 40.2 Å². The molecule has 1 N–H and O–H groups in total. The van der Waals surface area contributed by atoms with E-state index in [1.807, 2.05) is 35.4 Å². The van der Waals surface area contributed by atoms with E-state index in [1.54, 1.807) is 0 Å². The Morgan fingerprint density at radius 1 is 1.09 bits per heavy atom. The van der Waals surface area contributed by atoms with Gasteiger partial charge in [-0.15, -0.1) is 11.8 Å². The summed E-state index contributed by atoms with van der Waals surface area (Å²) < 4.78 is 7.37. The van der Waals surface area contributed by atoms with Crippen molar-refractivity contribution in [2.75, 3.05) is 38.6 Å². The van der Waals surface area contributed by atoms with Gasteiger partial charge in [0.15, 0.2) is 0 Å². The van der Waals surface area contributed by atoms with Crippen molar-refractivity contribution in [3.63, 3.8) is 0 Å². The second kappa shape index (κ2) is 10.5. The van der Waals surface area contributed by atoms with E-state index in [-0.39, 0.29) is 17.5 Å². The molecule has 2 aromatic carbocycles. The van der Waals surface area contributed by atoms with Crippen molar-refractivity contribution in [3.8, 4) is 0 Å². The Morgan fingerprint density at radius 2 is 1.82 bits per heavy atom. The standard InChI is InChI=1S/C23H24N4O5S/c28-22(25-11-13-32-14-12-25)16-33-21-15-26(20-4-2-1-3-19(20)21)10-9-24-23(29)17-5-7-18(8-6-17)27(30)31/h1-8,15H,9-14,16H2,(H,24,29). The maximum absolute atomic E-state index is 12.5. The van der Waals surface area contributed by atoms with E-state index in [4.69, 9.17) is 4.74 Å². The van der Waals surface area contributed by atoms with Gasteiger partial charge >= 0.3 is 0 Å². The molecule has 4 rings (SSSR count). The number of amides is 2. The van der Waals surface area contributed by atoms with Crippen LogP contribution in [0.4, 0.5) is 5.69 Å². The SMILES string of the molecule is O=C(NCCn1cc(SCC(=O)N2CCOCC2)c2ccccc21)c1ccc([N+](=O)[O-])cc1. The van der Waals surface area contributed by atoms with Crippen molar-refractivity contribution in [1.82, 2.24) is 14.8 Å². The summed E-state index contributed by atoms with van der Waals surface area (Å²) in [6.45, 7) is 3.39. The van der Waals surface area contributed by atoms with Gasteiger partial charge < -0.3 is 19.5 Å². The zero-order chi connectivity index (χ0) is 23.2. The van der Waals surface area contributed by atoms with Gasteiger partial charge in [0.1, 0.15) is 0 Å². The number of thioether (sulfide) groups is 1. The maximum Gasteiger partial charge on any atom is 0.269 e. The fourth-order valence-electron chi connectivity index (χ4n) is 3.68. The summed E-state index contributed by atoms with van der Waals surface area (Å²) in [5.74, 6) is 0.188. The molecule has 0 aliphatic carbocycles. The Bertz CT molecular complexity index is 1160. The zero-order valence-electron chi connectivity index (χ0n) is 17.9. The number of benzene rings is 2. The van der Waals surface area contributed by atoms with Crippen LogP contribution in [0.3, 0.4) is 0 Å². The number of nitrogens with one attached hydrogen (secondary N) is 1. The van der Waals surface area contributed by atoms with E-state index in [2.05, 4.69) is 9.88 Å². The summed E-state index contributed by atoms with van der Waals surface area (Å²) in [5, 5.41) is 14.7. The molecule has 10 heteroatoms. The molecule has 1 aromatic heterocycles. The van der Waals surface area contributed by atoms with Gasteiger partial charge in [0.25, 0.3) is 11.6 Å². The summed E-state index contributed by atoms with van der Waals surface area (Å²) in [6, 6.07) is 13.5. The minimum atomic E-state index is -0.497. The largest absolute Gasteiger partial charge is 0.378 e. The zero-order valence-corrected chi connectivity index (χ0v) is 18.8. The highest BCUT2D eigenvalue weighted by Gasteiger charge is 2.18. The van der Waals surface area contributed by atoms with Crippen molar-refractivity contribution < 1.29 is 19.2 Å². The number of fused-ring (bicyclic) bond motifs is 1. The third kappa shape index (κ3) is 5.52. The molecule has 1 aliphatic heterocycles.